The van der Waals surface area contributed by atoms with Crippen LogP contribution < -0.4 is 0 Å². The molecule has 0 aliphatic heterocycles. The van der Waals surface area contributed by atoms with Crippen LogP contribution in [-0.4, -0.2) is 11.4 Å². The fraction of sp³-hybridized carbons (Fsp3) is 0.286. The molecule has 0 aliphatic carbocycles. The first kappa shape index (κ1) is 12.8. The number of benzene rings is 1. The maximum Gasteiger partial charge on any atom is 0.237 e. The largest absolute Gasteiger partial charge is 0.343 e. The SMILES string of the molecule is CC(C)(C)c1ccc(-c2noc(Cl)c2C=O)cc1. The molecule has 18 heavy (non-hydrogen) atoms. The van der Waals surface area contributed by atoms with Crippen molar-refractivity contribution in [3.63, 3.8) is 0 Å². The zero-order valence-electron chi connectivity index (χ0n) is 10.5. The number of nitrogens with zero attached hydrogens (tertiary/aromatic N) is 1. The monoisotopic (exact) mass is 263 g/mol. The van der Waals surface area contributed by atoms with Gasteiger partial charge < -0.3 is 4.52 Å². The molecule has 1 heterocycles. The van der Waals surface area contributed by atoms with Crippen LogP contribution in [0.15, 0.2) is 28.8 Å². The highest BCUT2D eigenvalue weighted by atomic mass is 35.5. The fourth-order valence-electron chi connectivity index (χ4n) is 1.72. The van der Waals surface area contributed by atoms with E-state index in [2.05, 4.69) is 25.9 Å². The second-order valence-electron chi connectivity index (χ2n) is 5.16. The van der Waals surface area contributed by atoms with Crippen molar-refractivity contribution >= 4 is 17.9 Å². The molecule has 0 bridgehead atoms. The molecule has 3 nitrogen and oxygen atoms in total. The average molecular weight is 264 g/mol. The van der Waals surface area contributed by atoms with Crippen molar-refractivity contribution < 1.29 is 9.32 Å². The topological polar surface area (TPSA) is 43.1 Å². The minimum absolute atomic E-state index is 0.0277. The Bertz CT molecular complexity index is 564. The summed E-state index contributed by atoms with van der Waals surface area (Å²) in [5.74, 6) is 0. The number of halogens is 1. The molecular formula is C14H14ClNO2. The Kier molecular flexibility index (Phi) is 3.26. The molecule has 0 spiro atoms. The molecule has 0 atom stereocenters. The fourth-order valence-corrected chi connectivity index (χ4v) is 1.88. The van der Waals surface area contributed by atoms with Crippen LogP contribution in [0.5, 0.6) is 0 Å². The number of carbonyl (C=O) groups excluding carboxylic acids is 1. The molecule has 2 aromatic rings. The van der Waals surface area contributed by atoms with Gasteiger partial charge in [-0.15, -0.1) is 0 Å². The molecule has 2 rings (SSSR count). The van der Waals surface area contributed by atoms with Crippen LogP contribution in [0.1, 0.15) is 36.7 Å². The molecule has 0 radical (unpaired) electrons. The molecule has 4 heteroatoms. The number of hydrogen-bond acceptors (Lipinski definition) is 3. The Labute approximate surface area is 111 Å². The second kappa shape index (κ2) is 4.58. The summed E-state index contributed by atoms with van der Waals surface area (Å²) in [6.07, 6.45) is 0.659. The molecule has 94 valence electrons. The summed E-state index contributed by atoms with van der Waals surface area (Å²) in [6, 6.07) is 7.88. The molecule has 0 fully saturated rings. The van der Waals surface area contributed by atoms with Gasteiger partial charge in [0.2, 0.25) is 5.22 Å². The smallest absolute Gasteiger partial charge is 0.237 e. The number of aromatic nitrogens is 1. The van der Waals surface area contributed by atoms with Crippen LogP contribution in [-0.2, 0) is 5.41 Å². The van der Waals surface area contributed by atoms with Gasteiger partial charge in [-0.05, 0) is 22.6 Å². The molecule has 0 unspecified atom stereocenters. The van der Waals surface area contributed by atoms with Gasteiger partial charge in [0.1, 0.15) is 11.3 Å². The van der Waals surface area contributed by atoms with Crippen molar-refractivity contribution in [1.29, 1.82) is 0 Å². The number of hydrogen-bond donors (Lipinski definition) is 0. The van der Waals surface area contributed by atoms with Gasteiger partial charge in [-0.25, -0.2) is 0 Å². The lowest BCUT2D eigenvalue weighted by atomic mass is 9.86. The summed E-state index contributed by atoms with van der Waals surface area (Å²) in [7, 11) is 0. The average Bonchev–Trinajstić information content (AvgIpc) is 2.69. The number of rotatable bonds is 2. The lowest BCUT2D eigenvalue weighted by Crippen LogP contribution is -2.10. The molecule has 0 saturated heterocycles. The quantitative estimate of drug-likeness (QED) is 0.766. The predicted octanol–water partition coefficient (Wildman–Crippen LogP) is 4.11. The zero-order chi connectivity index (χ0) is 13.3. The summed E-state index contributed by atoms with van der Waals surface area (Å²) in [5.41, 5.74) is 2.90. The first-order valence-electron chi connectivity index (χ1n) is 5.65. The van der Waals surface area contributed by atoms with Gasteiger partial charge in [-0.1, -0.05) is 50.2 Å². The predicted molar refractivity (Wildman–Crippen MR) is 71.0 cm³/mol. The molecule has 0 N–H and O–H groups in total. The lowest BCUT2D eigenvalue weighted by molar-refractivity contribution is 0.112. The van der Waals surface area contributed by atoms with E-state index >= 15 is 0 Å². The van der Waals surface area contributed by atoms with Crippen LogP contribution in [0.2, 0.25) is 5.22 Å². The molecule has 1 aromatic carbocycles. The normalized spacial score (nSPS) is 11.6. The summed E-state index contributed by atoms with van der Waals surface area (Å²) in [4.78, 5) is 10.9. The molecular weight excluding hydrogens is 250 g/mol. The molecule has 1 aromatic heterocycles. The van der Waals surface area contributed by atoms with E-state index < -0.39 is 0 Å². The summed E-state index contributed by atoms with van der Waals surface area (Å²) in [6.45, 7) is 6.43. The van der Waals surface area contributed by atoms with Crippen molar-refractivity contribution in [3.8, 4) is 11.3 Å². The van der Waals surface area contributed by atoms with Gasteiger partial charge in [0, 0.05) is 5.56 Å². The number of aldehydes is 1. The van der Waals surface area contributed by atoms with E-state index in [0.29, 0.717) is 17.5 Å². The van der Waals surface area contributed by atoms with Gasteiger partial charge in [-0.2, -0.15) is 0 Å². The summed E-state index contributed by atoms with van der Waals surface area (Å²) >= 11 is 5.74. The maximum absolute atomic E-state index is 10.9. The highest BCUT2D eigenvalue weighted by molar-refractivity contribution is 6.31. The zero-order valence-corrected chi connectivity index (χ0v) is 11.3. The Morgan fingerprint density at radius 3 is 2.33 bits per heavy atom. The number of carbonyl (C=O) groups is 1. The first-order valence-corrected chi connectivity index (χ1v) is 6.02. The second-order valence-corrected chi connectivity index (χ2v) is 5.51. The van der Waals surface area contributed by atoms with Crippen molar-refractivity contribution in [2.75, 3.05) is 0 Å². The van der Waals surface area contributed by atoms with E-state index in [0.717, 1.165) is 5.56 Å². The molecule has 0 saturated carbocycles. The standard InChI is InChI=1S/C14H14ClNO2/c1-14(2,3)10-6-4-9(5-7-10)12-11(8-17)13(15)18-16-12/h4-8H,1-3H3. The Hall–Kier alpha value is -1.61. The van der Waals surface area contributed by atoms with E-state index in [1.807, 2.05) is 24.3 Å². The first-order chi connectivity index (χ1) is 8.43. The molecule has 0 amide bonds. The van der Waals surface area contributed by atoms with Crippen LogP contribution >= 0.6 is 11.6 Å². The van der Waals surface area contributed by atoms with Gasteiger partial charge >= 0.3 is 0 Å². The van der Waals surface area contributed by atoms with Crippen LogP contribution in [0.25, 0.3) is 11.3 Å². The summed E-state index contributed by atoms with van der Waals surface area (Å²) < 4.78 is 4.82. The van der Waals surface area contributed by atoms with Gasteiger partial charge in [0.05, 0.1) is 0 Å². The Morgan fingerprint density at radius 1 is 1.22 bits per heavy atom. The Balaban J connectivity index is 2.43. The Morgan fingerprint density at radius 2 is 1.83 bits per heavy atom. The highest BCUT2D eigenvalue weighted by Gasteiger charge is 2.17. The molecule has 0 aliphatic rings. The summed E-state index contributed by atoms with van der Waals surface area (Å²) in [5, 5.41) is 3.84. The van der Waals surface area contributed by atoms with Crippen LogP contribution in [0, 0.1) is 0 Å². The third kappa shape index (κ3) is 2.31. The van der Waals surface area contributed by atoms with Crippen LogP contribution in [0.4, 0.5) is 0 Å². The van der Waals surface area contributed by atoms with E-state index in [-0.39, 0.29) is 10.6 Å². The maximum atomic E-state index is 10.9. The van der Waals surface area contributed by atoms with Crippen molar-refractivity contribution in [2.24, 2.45) is 0 Å². The highest BCUT2D eigenvalue weighted by Crippen LogP contribution is 2.29. The van der Waals surface area contributed by atoms with Gasteiger partial charge in [0.25, 0.3) is 0 Å². The third-order valence-electron chi connectivity index (χ3n) is 2.83. The van der Waals surface area contributed by atoms with E-state index in [9.17, 15) is 4.79 Å². The third-order valence-corrected chi connectivity index (χ3v) is 3.10. The van der Waals surface area contributed by atoms with E-state index in [4.69, 9.17) is 16.1 Å². The van der Waals surface area contributed by atoms with E-state index in [1.165, 1.54) is 5.56 Å². The minimum atomic E-state index is 0.0277. The van der Waals surface area contributed by atoms with Crippen LogP contribution in [0.3, 0.4) is 0 Å². The lowest BCUT2D eigenvalue weighted by Gasteiger charge is -2.18. The van der Waals surface area contributed by atoms with Crippen molar-refractivity contribution in [1.82, 2.24) is 5.16 Å². The van der Waals surface area contributed by atoms with Crippen molar-refractivity contribution in [2.45, 2.75) is 26.2 Å². The van der Waals surface area contributed by atoms with Gasteiger partial charge in [-0.3, -0.25) is 4.79 Å². The van der Waals surface area contributed by atoms with Gasteiger partial charge in [0.15, 0.2) is 6.29 Å². The van der Waals surface area contributed by atoms with Crippen molar-refractivity contribution in [3.05, 3.63) is 40.6 Å². The minimum Gasteiger partial charge on any atom is -0.343 e. The van der Waals surface area contributed by atoms with E-state index in [1.54, 1.807) is 0 Å².